The van der Waals surface area contributed by atoms with Gasteiger partial charge in [-0.1, -0.05) is 0 Å². The molecule has 0 radical (unpaired) electrons. The van der Waals surface area contributed by atoms with E-state index in [0.29, 0.717) is 23.6 Å². The van der Waals surface area contributed by atoms with E-state index in [-0.39, 0.29) is 29.6 Å². The molecule has 0 spiro atoms. The third-order valence-electron chi connectivity index (χ3n) is 5.48. The van der Waals surface area contributed by atoms with Crippen molar-refractivity contribution in [3.63, 3.8) is 0 Å². The number of rotatable bonds is 4. The number of anilines is 1. The summed E-state index contributed by atoms with van der Waals surface area (Å²) in [5.74, 6) is 0.855. The Morgan fingerprint density at radius 2 is 2.03 bits per heavy atom. The molecular formula is C20H22F3N9. The van der Waals surface area contributed by atoms with Crippen molar-refractivity contribution < 1.29 is 13.2 Å². The minimum atomic E-state index is -4.58. The number of fused-ring (bicyclic) bond motifs is 1. The number of hydrogen-bond donors (Lipinski definition) is 3. The average molecular weight is 445 g/mol. The van der Waals surface area contributed by atoms with E-state index in [0.717, 1.165) is 12.4 Å². The molecule has 3 aromatic rings. The Kier molecular flexibility index (Phi) is 5.55. The van der Waals surface area contributed by atoms with Crippen LogP contribution in [0.5, 0.6) is 0 Å². The topological polar surface area (TPSA) is 121 Å². The first-order valence-electron chi connectivity index (χ1n) is 9.91. The molecule has 3 aromatic heterocycles. The number of nitrogens with one attached hydrogen (secondary N) is 2. The van der Waals surface area contributed by atoms with Crippen molar-refractivity contribution >= 4 is 17.7 Å². The summed E-state index contributed by atoms with van der Waals surface area (Å²) >= 11 is 0. The van der Waals surface area contributed by atoms with Crippen molar-refractivity contribution in [3.8, 4) is 11.5 Å². The Morgan fingerprint density at radius 1 is 1.25 bits per heavy atom. The highest BCUT2D eigenvalue weighted by molar-refractivity contribution is 5.78. The predicted molar refractivity (Wildman–Crippen MR) is 113 cm³/mol. The Balaban J connectivity index is 1.73. The molecule has 0 amide bonds. The predicted octanol–water partition coefficient (Wildman–Crippen LogP) is 2.25. The zero-order valence-electron chi connectivity index (χ0n) is 17.4. The van der Waals surface area contributed by atoms with Crippen molar-refractivity contribution in [2.45, 2.75) is 38.1 Å². The summed E-state index contributed by atoms with van der Waals surface area (Å²) in [6.45, 7) is 4.65. The Morgan fingerprint density at radius 3 is 2.72 bits per heavy atom. The second-order valence-electron chi connectivity index (χ2n) is 7.63. The van der Waals surface area contributed by atoms with Gasteiger partial charge in [0.05, 0.1) is 18.4 Å². The van der Waals surface area contributed by atoms with Crippen LogP contribution in [0.4, 0.5) is 19.0 Å². The highest BCUT2D eigenvalue weighted by Gasteiger charge is 2.35. The average Bonchev–Trinajstić information content (AvgIpc) is 3.19. The van der Waals surface area contributed by atoms with Crippen molar-refractivity contribution in [1.82, 2.24) is 29.7 Å². The van der Waals surface area contributed by atoms with E-state index < -0.39 is 11.9 Å². The summed E-state index contributed by atoms with van der Waals surface area (Å²) in [5.41, 5.74) is 5.90. The maximum Gasteiger partial charge on any atom is 0.434 e. The molecule has 32 heavy (non-hydrogen) atoms. The van der Waals surface area contributed by atoms with Crippen molar-refractivity contribution in [2.75, 3.05) is 11.4 Å². The first-order chi connectivity index (χ1) is 15.2. The molecule has 0 aliphatic carbocycles. The van der Waals surface area contributed by atoms with E-state index in [1.54, 1.807) is 12.3 Å². The van der Waals surface area contributed by atoms with Crippen LogP contribution >= 0.6 is 0 Å². The fourth-order valence-electron chi connectivity index (χ4n) is 3.89. The van der Waals surface area contributed by atoms with Gasteiger partial charge in [-0.2, -0.15) is 13.2 Å². The van der Waals surface area contributed by atoms with Gasteiger partial charge in [0.15, 0.2) is 17.2 Å². The van der Waals surface area contributed by atoms with Crippen LogP contribution in [0, 0.1) is 5.41 Å². The van der Waals surface area contributed by atoms with Crippen LogP contribution in [0.15, 0.2) is 42.6 Å². The van der Waals surface area contributed by atoms with Gasteiger partial charge in [-0.25, -0.2) is 19.9 Å². The molecule has 0 saturated carbocycles. The maximum absolute atomic E-state index is 13.1. The number of aromatic nitrogens is 5. The van der Waals surface area contributed by atoms with Crippen molar-refractivity contribution in [1.29, 1.82) is 5.41 Å². The van der Waals surface area contributed by atoms with Crippen LogP contribution in [-0.2, 0) is 6.18 Å². The highest BCUT2D eigenvalue weighted by atomic mass is 19.4. The maximum atomic E-state index is 13.1. The molecular weight excluding hydrogens is 423 g/mol. The molecule has 1 aliphatic heterocycles. The monoisotopic (exact) mass is 445 g/mol. The highest BCUT2D eigenvalue weighted by Crippen LogP contribution is 2.29. The summed E-state index contributed by atoms with van der Waals surface area (Å²) in [4.78, 5) is 18.5. The van der Waals surface area contributed by atoms with Gasteiger partial charge in [0, 0.05) is 49.0 Å². The fraction of sp³-hybridized carbons (Fsp3) is 0.350. The number of nitrogens with two attached hydrogens (primary N) is 1. The normalized spacial score (nSPS) is 22.3. The molecule has 1 fully saturated rings. The lowest BCUT2D eigenvalue weighted by Crippen LogP contribution is -2.61. The quantitative estimate of drug-likeness (QED) is 0.527. The molecule has 0 aromatic carbocycles. The Bertz CT molecular complexity index is 1170. The fourth-order valence-corrected chi connectivity index (χ4v) is 3.89. The molecule has 4 heterocycles. The molecule has 1 saturated heterocycles. The van der Waals surface area contributed by atoms with Gasteiger partial charge in [0.1, 0.15) is 11.5 Å². The van der Waals surface area contributed by atoms with E-state index in [2.05, 4.69) is 30.2 Å². The Hall–Kier alpha value is -3.54. The van der Waals surface area contributed by atoms with Gasteiger partial charge in [-0.15, -0.1) is 0 Å². The van der Waals surface area contributed by atoms with E-state index in [1.807, 2.05) is 13.8 Å². The van der Waals surface area contributed by atoms with Crippen LogP contribution in [0.1, 0.15) is 19.5 Å². The number of imidazole rings is 1. The van der Waals surface area contributed by atoms with Gasteiger partial charge in [0.25, 0.3) is 0 Å². The van der Waals surface area contributed by atoms with Crippen LogP contribution in [-0.4, -0.2) is 55.2 Å². The smallest absolute Gasteiger partial charge is 0.404 e. The van der Waals surface area contributed by atoms with E-state index in [1.165, 1.54) is 23.0 Å². The summed E-state index contributed by atoms with van der Waals surface area (Å²) in [6.07, 6.45) is 3.00. The summed E-state index contributed by atoms with van der Waals surface area (Å²) in [7, 11) is 0. The van der Waals surface area contributed by atoms with Gasteiger partial charge in [-0.3, -0.25) is 4.40 Å². The summed E-state index contributed by atoms with van der Waals surface area (Å²) in [6, 6.07) is 1.56. The lowest BCUT2D eigenvalue weighted by atomic mass is 9.96. The standard InChI is InChI=1S/C20H22F3N9/c1-11-9-31(12(2)18(29-11)13(5-24)6-25)16-3-4-26-19(30-16)14-7-28-17-8-27-15(10-32(14)17)20(21,22)23/h3-8,10-12,18,24,29H,9,25H2,1-2H3/b13-6+,24-5?. The van der Waals surface area contributed by atoms with Crippen LogP contribution in [0.25, 0.3) is 17.2 Å². The second-order valence-corrected chi connectivity index (χ2v) is 7.63. The minimum Gasteiger partial charge on any atom is -0.404 e. The molecule has 3 atom stereocenters. The van der Waals surface area contributed by atoms with E-state index in [4.69, 9.17) is 11.1 Å². The zero-order valence-corrected chi connectivity index (χ0v) is 17.4. The largest absolute Gasteiger partial charge is 0.434 e. The minimum absolute atomic E-state index is 0.0840. The molecule has 3 unspecified atom stereocenters. The van der Waals surface area contributed by atoms with E-state index >= 15 is 0 Å². The lowest BCUT2D eigenvalue weighted by Gasteiger charge is -2.44. The van der Waals surface area contributed by atoms with Gasteiger partial charge < -0.3 is 21.4 Å². The third-order valence-corrected chi connectivity index (χ3v) is 5.48. The molecule has 12 heteroatoms. The second kappa shape index (κ2) is 8.19. The lowest BCUT2D eigenvalue weighted by molar-refractivity contribution is -0.141. The molecule has 1 aliphatic rings. The number of nitrogens with zero attached hydrogens (tertiary/aromatic N) is 6. The van der Waals surface area contributed by atoms with Gasteiger partial charge in [-0.05, 0) is 19.9 Å². The van der Waals surface area contributed by atoms with Crippen molar-refractivity contribution in [2.24, 2.45) is 5.73 Å². The Labute approximate surface area is 181 Å². The number of piperazine rings is 1. The van der Waals surface area contributed by atoms with Gasteiger partial charge >= 0.3 is 6.18 Å². The molecule has 4 rings (SSSR count). The van der Waals surface area contributed by atoms with Crippen LogP contribution < -0.4 is 16.0 Å². The van der Waals surface area contributed by atoms with Crippen LogP contribution in [0.3, 0.4) is 0 Å². The first kappa shape index (κ1) is 21.7. The molecule has 4 N–H and O–H groups in total. The zero-order chi connectivity index (χ0) is 23.0. The molecule has 9 nitrogen and oxygen atoms in total. The molecule has 168 valence electrons. The number of alkyl halides is 3. The number of hydrogen-bond acceptors (Lipinski definition) is 8. The molecule has 0 bridgehead atoms. The summed E-state index contributed by atoms with van der Waals surface area (Å²) < 4.78 is 40.7. The van der Waals surface area contributed by atoms with Gasteiger partial charge in [0.2, 0.25) is 0 Å². The van der Waals surface area contributed by atoms with Crippen molar-refractivity contribution in [3.05, 3.63) is 48.3 Å². The number of halogens is 3. The first-order valence-corrected chi connectivity index (χ1v) is 9.91. The summed E-state index contributed by atoms with van der Waals surface area (Å²) in [5, 5.41) is 11.1. The van der Waals surface area contributed by atoms with Crippen LogP contribution in [0.2, 0.25) is 0 Å². The SMILES string of the molecule is CC1CN(c2ccnc(-c3cnc4cnc(C(F)(F)F)cn34)n2)C(C)C(/C(C=N)=C/N)N1. The third kappa shape index (κ3) is 3.88. The van der Waals surface area contributed by atoms with E-state index in [9.17, 15) is 13.2 Å².